The van der Waals surface area contributed by atoms with E-state index in [2.05, 4.69) is 0 Å². The summed E-state index contributed by atoms with van der Waals surface area (Å²) in [6, 6.07) is 4.07. The SMILES string of the molecule is O=C(O)C(CS(=O)c1ccc2c(c1)OCCO2)C(F)(F)F. The lowest BCUT2D eigenvalue weighted by Crippen LogP contribution is -2.35. The minimum Gasteiger partial charge on any atom is -0.486 e. The number of hydrogen-bond donors (Lipinski definition) is 1. The van der Waals surface area contributed by atoms with Gasteiger partial charge in [0.2, 0.25) is 0 Å². The molecule has 0 spiro atoms. The van der Waals surface area contributed by atoms with Crippen LogP contribution in [0.2, 0.25) is 0 Å². The van der Waals surface area contributed by atoms with Crippen molar-refractivity contribution in [3.8, 4) is 11.5 Å². The second kappa shape index (κ2) is 5.92. The maximum absolute atomic E-state index is 12.6. The summed E-state index contributed by atoms with van der Waals surface area (Å²) in [6.45, 7) is 0.633. The van der Waals surface area contributed by atoms with Crippen molar-refractivity contribution in [3.63, 3.8) is 0 Å². The van der Waals surface area contributed by atoms with E-state index in [0.717, 1.165) is 0 Å². The summed E-state index contributed by atoms with van der Waals surface area (Å²) in [5, 5.41) is 8.60. The van der Waals surface area contributed by atoms with Crippen molar-refractivity contribution in [2.45, 2.75) is 11.1 Å². The van der Waals surface area contributed by atoms with E-state index >= 15 is 0 Å². The second-order valence-electron chi connectivity index (χ2n) is 4.25. The molecule has 0 saturated heterocycles. The van der Waals surface area contributed by atoms with E-state index in [1.807, 2.05) is 0 Å². The smallest absolute Gasteiger partial charge is 0.403 e. The number of benzene rings is 1. The Labute approximate surface area is 120 Å². The maximum atomic E-state index is 12.6. The van der Waals surface area contributed by atoms with Crippen molar-refractivity contribution in [1.82, 2.24) is 0 Å². The van der Waals surface area contributed by atoms with Gasteiger partial charge in [0.05, 0.1) is 16.6 Å². The Kier molecular flexibility index (Phi) is 4.40. The van der Waals surface area contributed by atoms with Crippen LogP contribution in [-0.4, -0.2) is 40.4 Å². The van der Waals surface area contributed by atoms with Crippen molar-refractivity contribution in [2.24, 2.45) is 5.92 Å². The highest BCUT2D eigenvalue weighted by molar-refractivity contribution is 7.85. The monoisotopic (exact) mass is 324 g/mol. The van der Waals surface area contributed by atoms with Gasteiger partial charge in [-0.15, -0.1) is 0 Å². The number of hydrogen-bond acceptors (Lipinski definition) is 4. The predicted molar refractivity (Wildman–Crippen MR) is 65.9 cm³/mol. The van der Waals surface area contributed by atoms with Crippen LogP contribution in [0.3, 0.4) is 0 Å². The Morgan fingerprint density at radius 3 is 2.48 bits per heavy atom. The number of aliphatic carboxylic acids is 1. The van der Waals surface area contributed by atoms with Gasteiger partial charge in [0.1, 0.15) is 13.2 Å². The summed E-state index contributed by atoms with van der Waals surface area (Å²) in [4.78, 5) is 10.7. The summed E-state index contributed by atoms with van der Waals surface area (Å²) >= 11 is 0. The molecule has 1 aliphatic rings. The summed E-state index contributed by atoms with van der Waals surface area (Å²) in [5.74, 6) is -5.07. The zero-order chi connectivity index (χ0) is 15.6. The third kappa shape index (κ3) is 3.66. The minimum absolute atomic E-state index is 0.0646. The zero-order valence-corrected chi connectivity index (χ0v) is 11.4. The quantitative estimate of drug-likeness (QED) is 0.915. The highest BCUT2D eigenvalue weighted by atomic mass is 32.2. The third-order valence-corrected chi connectivity index (χ3v) is 4.20. The fraction of sp³-hybridized carbons (Fsp3) is 0.417. The van der Waals surface area contributed by atoms with Crippen LogP contribution in [-0.2, 0) is 15.6 Å². The van der Waals surface area contributed by atoms with Gasteiger partial charge in [-0.1, -0.05) is 0 Å². The molecule has 0 fully saturated rings. The van der Waals surface area contributed by atoms with Crippen LogP contribution in [0.5, 0.6) is 11.5 Å². The van der Waals surface area contributed by atoms with E-state index in [9.17, 15) is 22.2 Å². The molecule has 5 nitrogen and oxygen atoms in total. The molecule has 0 aromatic heterocycles. The molecule has 1 aromatic rings. The molecule has 2 rings (SSSR count). The lowest BCUT2D eigenvalue weighted by Gasteiger charge is -2.19. The molecular formula is C12H11F3O5S. The van der Waals surface area contributed by atoms with Gasteiger partial charge in [-0.3, -0.25) is 9.00 Å². The van der Waals surface area contributed by atoms with E-state index in [0.29, 0.717) is 12.4 Å². The number of halogens is 3. The summed E-state index contributed by atoms with van der Waals surface area (Å²) in [7, 11) is -2.11. The van der Waals surface area contributed by atoms with Gasteiger partial charge in [0.15, 0.2) is 17.4 Å². The molecule has 0 aliphatic carbocycles. The van der Waals surface area contributed by atoms with Gasteiger partial charge in [0, 0.05) is 11.0 Å². The Bertz CT molecular complexity index is 573. The lowest BCUT2D eigenvalue weighted by atomic mass is 10.2. The number of carbonyl (C=O) groups is 1. The summed E-state index contributed by atoms with van der Waals surface area (Å²) in [6.07, 6.45) is -4.95. The first-order valence-electron chi connectivity index (χ1n) is 5.86. The lowest BCUT2D eigenvalue weighted by molar-refractivity contribution is -0.188. The predicted octanol–water partition coefficient (Wildman–Crippen LogP) is 1.83. The van der Waals surface area contributed by atoms with E-state index in [1.54, 1.807) is 0 Å². The zero-order valence-electron chi connectivity index (χ0n) is 10.6. The van der Waals surface area contributed by atoms with Crippen molar-refractivity contribution >= 4 is 16.8 Å². The minimum atomic E-state index is -4.95. The van der Waals surface area contributed by atoms with Crippen LogP contribution in [0.1, 0.15) is 0 Å². The molecular weight excluding hydrogens is 313 g/mol. The average molecular weight is 324 g/mol. The number of alkyl halides is 3. The standard InChI is InChI=1S/C12H11F3O5S/c13-12(14,15)8(11(16)17)6-21(18)7-1-2-9-10(5-7)20-4-3-19-9/h1-2,5,8H,3-4,6H2,(H,16,17). The van der Waals surface area contributed by atoms with Crippen molar-refractivity contribution in [2.75, 3.05) is 19.0 Å². The number of fused-ring (bicyclic) bond motifs is 1. The van der Waals surface area contributed by atoms with Crippen LogP contribution in [0.15, 0.2) is 23.1 Å². The molecule has 2 atom stereocenters. The Balaban J connectivity index is 2.18. The van der Waals surface area contributed by atoms with E-state index < -0.39 is 34.6 Å². The molecule has 116 valence electrons. The molecule has 0 amide bonds. The maximum Gasteiger partial charge on any atom is 0.403 e. The van der Waals surface area contributed by atoms with Crippen molar-refractivity contribution < 1.29 is 36.8 Å². The topological polar surface area (TPSA) is 72.8 Å². The van der Waals surface area contributed by atoms with Crippen LogP contribution in [0, 0.1) is 5.92 Å². The fourth-order valence-corrected chi connectivity index (χ4v) is 3.00. The highest BCUT2D eigenvalue weighted by Crippen LogP contribution is 2.33. The molecule has 0 bridgehead atoms. The normalized spacial score (nSPS) is 17.1. The molecule has 0 radical (unpaired) electrons. The first-order valence-corrected chi connectivity index (χ1v) is 7.18. The largest absolute Gasteiger partial charge is 0.486 e. The summed E-state index contributed by atoms with van der Waals surface area (Å²) in [5.41, 5.74) is 0. The Hall–Kier alpha value is -1.77. The van der Waals surface area contributed by atoms with Crippen molar-refractivity contribution in [3.05, 3.63) is 18.2 Å². The number of carboxylic acid groups (broad SMARTS) is 1. The molecule has 9 heteroatoms. The van der Waals surface area contributed by atoms with Gasteiger partial charge in [-0.25, -0.2) is 0 Å². The molecule has 1 heterocycles. The fourth-order valence-electron chi connectivity index (χ4n) is 1.72. The van der Waals surface area contributed by atoms with Gasteiger partial charge < -0.3 is 14.6 Å². The highest BCUT2D eigenvalue weighted by Gasteiger charge is 2.46. The van der Waals surface area contributed by atoms with Gasteiger partial charge in [-0.05, 0) is 12.1 Å². The Morgan fingerprint density at radius 1 is 1.29 bits per heavy atom. The first kappa shape index (κ1) is 15.6. The van der Waals surface area contributed by atoms with Gasteiger partial charge in [0.25, 0.3) is 0 Å². The summed E-state index contributed by atoms with van der Waals surface area (Å²) < 4.78 is 60.1. The van der Waals surface area contributed by atoms with Crippen LogP contribution >= 0.6 is 0 Å². The molecule has 21 heavy (non-hydrogen) atoms. The number of ether oxygens (including phenoxy) is 2. The van der Waals surface area contributed by atoms with Crippen LogP contribution in [0.25, 0.3) is 0 Å². The molecule has 1 aliphatic heterocycles. The van der Waals surface area contributed by atoms with E-state index in [4.69, 9.17) is 14.6 Å². The molecule has 2 unspecified atom stereocenters. The molecule has 1 aromatic carbocycles. The third-order valence-electron chi connectivity index (χ3n) is 2.79. The first-order chi connectivity index (χ1) is 9.79. The number of carboxylic acids is 1. The van der Waals surface area contributed by atoms with Gasteiger partial charge >= 0.3 is 12.1 Å². The molecule has 1 N–H and O–H groups in total. The second-order valence-corrected chi connectivity index (χ2v) is 5.75. The molecule has 0 saturated carbocycles. The Morgan fingerprint density at radius 2 is 1.90 bits per heavy atom. The number of rotatable bonds is 4. The van der Waals surface area contributed by atoms with Gasteiger partial charge in [-0.2, -0.15) is 13.2 Å². The average Bonchev–Trinajstić information content (AvgIpc) is 2.42. The van der Waals surface area contributed by atoms with Crippen LogP contribution < -0.4 is 9.47 Å². The van der Waals surface area contributed by atoms with Crippen LogP contribution in [0.4, 0.5) is 13.2 Å². The van der Waals surface area contributed by atoms with E-state index in [1.165, 1.54) is 18.2 Å². The van der Waals surface area contributed by atoms with Crippen molar-refractivity contribution in [1.29, 1.82) is 0 Å². The van der Waals surface area contributed by atoms with E-state index in [-0.39, 0.29) is 17.3 Å².